The smallest absolute Gasteiger partial charge is 0.170 e. The number of benzene rings is 1. The highest BCUT2D eigenvalue weighted by molar-refractivity contribution is 5.55. The van der Waals surface area contributed by atoms with E-state index in [9.17, 15) is 0 Å². The molecule has 0 radical (unpaired) electrons. The maximum Gasteiger partial charge on any atom is 0.170 e. The summed E-state index contributed by atoms with van der Waals surface area (Å²) in [6, 6.07) is 14.7. The molecule has 0 amide bonds. The molecule has 0 saturated carbocycles. The highest BCUT2D eigenvalue weighted by Crippen LogP contribution is 2.16. The van der Waals surface area contributed by atoms with Gasteiger partial charge in [0.15, 0.2) is 5.82 Å². The molecule has 0 fully saturated rings. The van der Waals surface area contributed by atoms with E-state index in [1.807, 2.05) is 36.4 Å². The van der Waals surface area contributed by atoms with Crippen LogP contribution in [-0.4, -0.2) is 9.78 Å². The minimum atomic E-state index is -0.0943. The molecule has 0 aliphatic carbocycles. The fourth-order valence-electron chi connectivity index (χ4n) is 1.51. The SMILES string of the molecule is N#CC(C#N)=CNc1nn(-c2ccccc2)cc1C#N. The van der Waals surface area contributed by atoms with Gasteiger partial charge in [-0.3, -0.25) is 0 Å². The Morgan fingerprint density at radius 3 is 2.45 bits per heavy atom. The Balaban J connectivity index is 2.35. The van der Waals surface area contributed by atoms with Crippen molar-refractivity contribution in [2.24, 2.45) is 0 Å². The number of rotatable bonds is 3. The van der Waals surface area contributed by atoms with E-state index >= 15 is 0 Å². The molecule has 2 rings (SSSR count). The van der Waals surface area contributed by atoms with Crippen molar-refractivity contribution in [1.29, 1.82) is 15.8 Å². The third-order valence-electron chi connectivity index (χ3n) is 2.45. The molecule has 1 N–H and O–H groups in total. The summed E-state index contributed by atoms with van der Waals surface area (Å²) in [5.74, 6) is 0.291. The van der Waals surface area contributed by atoms with Gasteiger partial charge in [0.2, 0.25) is 0 Å². The van der Waals surface area contributed by atoms with E-state index in [-0.39, 0.29) is 5.57 Å². The number of nitriles is 3. The second kappa shape index (κ2) is 5.86. The number of nitrogens with zero attached hydrogens (tertiary/aromatic N) is 5. The third-order valence-corrected chi connectivity index (χ3v) is 2.45. The zero-order valence-corrected chi connectivity index (χ0v) is 10.3. The van der Waals surface area contributed by atoms with Gasteiger partial charge in [0.25, 0.3) is 0 Å². The number of allylic oxidation sites excluding steroid dienone is 1. The second-order valence-corrected chi connectivity index (χ2v) is 3.71. The zero-order chi connectivity index (χ0) is 14.4. The van der Waals surface area contributed by atoms with Gasteiger partial charge in [-0.1, -0.05) is 18.2 Å². The summed E-state index contributed by atoms with van der Waals surface area (Å²) in [5.41, 5.74) is 1.03. The van der Waals surface area contributed by atoms with E-state index in [1.54, 1.807) is 23.0 Å². The number of hydrogen-bond acceptors (Lipinski definition) is 5. The molecular weight excluding hydrogens is 252 g/mol. The molecule has 0 bridgehead atoms. The number of para-hydroxylation sites is 1. The minimum Gasteiger partial charge on any atom is -0.342 e. The van der Waals surface area contributed by atoms with Gasteiger partial charge >= 0.3 is 0 Å². The standard InChI is InChI=1S/C14H8N6/c15-6-11(7-16)9-18-14-12(8-17)10-20(19-14)13-4-2-1-3-5-13/h1-5,9-10H,(H,18,19). The third kappa shape index (κ3) is 2.64. The van der Waals surface area contributed by atoms with Gasteiger partial charge in [-0.25, -0.2) is 4.68 Å². The largest absolute Gasteiger partial charge is 0.342 e. The molecule has 6 nitrogen and oxygen atoms in total. The van der Waals surface area contributed by atoms with Gasteiger partial charge in [-0.05, 0) is 12.1 Å². The van der Waals surface area contributed by atoms with Gasteiger partial charge in [0, 0.05) is 6.20 Å². The molecule has 1 aromatic carbocycles. The van der Waals surface area contributed by atoms with Crippen LogP contribution in [0.4, 0.5) is 5.82 Å². The van der Waals surface area contributed by atoms with Crippen molar-refractivity contribution in [3.8, 4) is 23.9 Å². The monoisotopic (exact) mass is 260 g/mol. The first-order valence-corrected chi connectivity index (χ1v) is 5.60. The van der Waals surface area contributed by atoms with Gasteiger partial charge < -0.3 is 5.32 Å². The van der Waals surface area contributed by atoms with Crippen molar-refractivity contribution < 1.29 is 0 Å². The summed E-state index contributed by atoms with van der Waals surface area (Å²) < 4.78 is 1.55. The van der Waals surface area contributed by atoms with Crippen molar-refractivity contribution >= 4 is 5.82 Å². The molecule has 0 aliphatic rings. The Morgan fingerprint density at radius 2 is 1.85 bits per heavy atom. The fourth-order valence-corrected chi connectivity index (χ4v) is 1.51. The summed E-state index contributed by atoms with van der Waals surface area (Å²) in [6.07, 6.45) is 2.79. The topological polar surface area (TPSA) is 101 Å². The first-order chi connectivity index (χ1) is 9.78. The van der Waals surface area contributed by atoms with Crippen molar-refractivity contribution in [3.05, 3.63) is 53.9 Å². The maximum absolute atomic E-state index is 9.06. The first-order valence-electron chi connectivity index (χ1n) is 5.60. The second-order valence-electron chi connectivity index (χ2n) is 3.71. The van der Waals surface area contributed by atoms with Gasteiger partial charge in [-0.15, -0.1) is 5.10 Å². The summed E-state index contributed by atoms with van der Waals surface area (Å²) in [5, 5.41) is 33.3. The Morgan fingerprint density at radius 1 is 1.15 bits per heavy atom. The molecule has 1 aromatic heterocycles. The molecule has 0 unspecified atom stereocenters. The molecule has 0 atom stereocenters. The molecule has 94 valence electrons. The predicted octanol–water partition coefficient (Wildman–Crippen LogP) is 2.09. The van der Waals surface area contributed by atoms with Crippen molar-refractivity contribution in [2.75, 3.05) is 5.32 Å². The first kappa shape index (κ1) is 12.9. The lowest BCUT2D eigenvalue weighted by Gasteiger charge is -1.99. The van der Waals surface area contributed by atoms with E-state index in [1.165, 1.54) is 6.20 Å². The van der Waals surface area contributed by atoms with E-state index in [0.29, 0.717) is 11.4 Å². The fraction of sp³-hybridized carbons (Fsp3) is 0. The van der Waals surface area contributed by atoms with Crippen molar-refractivity contribution in [1.82, 2.24) is 9.78 Å². The van der Waals surface area contributed by atoms with Crippen molar-refractivity contribution in [2.45, 2.75) is 0 Å². The molecule has 0 spiro atoms. The van der Waals surface area contributed by atoms with Gasteiger partial charge in [0.05, 0.1) is 11.9 Å². The lowest BCUT2D eigenvalue weighted by molar-refractivity contribution is 0.884. The van der Waals surface area contributed by atoms with Crippen LogP contribution in [0.15, 0.2) is 48.3 Å². The molecular formula is C14H8N6. The van der Waals surface area contributed by atoms with Crippen LogP contribution in [0.3, 0.4) is 0 Å². The summed E-state index contributed by atoms with van der Waals surface area (Å²) >= 11 is 0. The normalized spacial score (nSPS) is 8.85. The quantitative estimate of drug-likeness (QED) is 0.851. The van der Waals surface area contributed by atoms with Crippen molar-refractivity contribution in [3.63, 3.8) is 0 Å². The predicted molar refractivity (Wildman–Crippen MR) is 71.2 cm³/mol. The number of aromatic nitrogens is 2. The highest BCUT2D eigenvalue weighted by atomic mass is 15.3. The van der Waals surface area contributed by atoms with Gasteiger partial charge in [0.1, 0.15) is 29.3 Å². The molecule has 20 heavy (non-hydrogen) atoms. The Bertz CT molecular complexity index is 749. The number of nitrogens with one attached hydrogen (secondary N) is 1. The summed E-state index contributed by atoms with van der Waals surface area (Å²) in [6.45, 7) is 0. The summed E-state index contributed by atoms with van der Waals surface area (Å²) in [7, 11) is 0. The van der Waals surface area contributed by atoms with Crippen LogP contribution >= 0.6 is 0 Å². The van der Waals surface area contributed by atoms with Crippen LogP contribution in [-0.2, 0) is 0 Å². The molecule has 0 saturated heterocycles. The average Bonchev–Trinajstić information content (AvgIpc) is 2.92. The average molecular weight is 260 g/mol. The Hall–Kier alpha value is -3.56. The van der Waals surface area contributed by atoms with Crippen LogP contribution in [0, 0.1) is 34.0 Å². The molecule has 1 heterocycles. The molecule has 0 aliphatic heterocycles. The van der Waals surface area contributed by atoms with E-state index in [0.717, 1.165) is 5.69 Å². The van der Waals surface area contributed by atoms with E-state index < -0.39 is 0 Å². The zero-order valence-electron chi connectivity index (χ0n) is 10.3. The Kier molecular flexibility index (Phi) is 3.78. The maximum atomic E-state index is 9.06. The van der Waals surface area contributed by atoms with Crippen LogP contribution < -0.4 is 5.32 Å². The van der Waals surface area contributed by atoms with Gasteiger partial charge in [-0.2, -0.15) is 15.8 Å². The lowest BCUT2D eigenvalue weighted by Crippen LogP contribution is -1.96. The molecule has 6 heteroatoms. The number of anilines is 1. The summed E-state index contributed by atoms with van der Waals surface area (Å²) in [4.78, 5) is 0. The van der Waals surface area contributed by atoms with Crippen LogP contribution in [0.25, 0.3) is 5.69 Å². The molecule has 2 aromatic rings. The van der Waals surface area contributed by atoms with E-state index in [4.69, 9.17) is 15.8 Å². The van der Waals surface area contributed by atoms with Crippen LogP contribution in [0.1, 0.15) is 5.56 Å². The van der Waals surface area contributed by atoms with E-state index in [2.05, 4.69) is 10.4 Å². The lowest BCUT2D eigenvalue weighted by atomic mass is 10.3. The van der Waals surface area contributed by atoms with Crippen LogP contribution in [0.5, 0.6) is 0 Å². The highest BCUT2D eigenvalue weighted by Gasteiger charge is 2.08. The Labute approximate surface area is 115 Å². The van der Waals surface area contributed by atoms with Crippen LogP contribution in [0.2, 0.25) is 0 Å². The number of hydrogen-bond donors (Lipinski definition) is 1. The minimum absolute atomic E-state index is 0.0943.